The van der Waals surface area contributed by atoms with Crippen molar-refractivity contribution < 1.29 is 9.53 Å². The molecule has 0 saturated heterocycles. The predicted octanol–water partition coefficient (Wildman–Crippen LogP) is 3.33. The molecule has 0 bridgehead atoms. The molecule has 2 rings (SSSR count). The van der Waals surface area contributed by atoms with Crippen LogP contribution in [-0.2, 0) is 9.53 Å². The molecule has 1 heterocycles. The molecule has 0 amide bonds. The zero-order valence-electron chi connectivity index (χ0n) is 12.1. The number of carbonyl (C=O) groups is 1. The zero-order chi connectivity index (χ0) is 15.6. The van der Waals surface area contributed by atoms with E-state index in [1.165, 1.54) is 0 Å². The second-order valence-electron chi connectivity index (χ2n) is 4.70. The molecule has 0 aliphatic heterocycles. The molecular weight excluding hydrogens is 290 g/mol. The molecule has 2 atom stereocenters. The van der Waals surface area contributed by atoms with Gasteiger partial charge in [-0.05, 0) is 39.0 Å². The normalized spacial score (nSPS) is 13.7. The number of hydrogen-bond acceptors (Lipinski definition) is 4. The van der Waals surface area contributed by atoms with Crippen molar-refractivity contribution in [2.45, 2.75) is 32.2 Å². The van der Waals surface area contributed by atoms with E-state index in [1.54, 1.807) is 43.5 Å². The third kappa shape index (κ3) is 2.86. The van der Waals surface area contributed by atoms with Crippen LogP contribution in [0, 0.1) is 11.3 Å². The molecule has 0 aliphatic carbocycles. The minimum absolute atomic E-state index is 0.311. The third-order valence-electron chi connectivity index (χ3n) is 3.22. The average molecular weight is 306 g/mol. The molecule has 0 spiro atoms. The highest BCUT2D eigenvalue weighted by atomic mass is 35.5. The lowest BCUT2D eigenvalue weighted by atomic mass is 10.2. The van der Waals surface area contributed by atoms with E-state index in [1.807, 2.05) is 0 Å². The van der Waals surface area contributed by atoms with Gasteiger partial charge in [0.15, 0.2) is 0 Å². The van der Waals surface area contributed by atoms with Gasteiger partial charge in [-0.25, -0.2) is 9.78 Å². The van der Waals surface area contributed by atoms with Gasteiger partial charge in [-0.3, -0.25) is 0 Å². The number of ether oxygens (including phenoxy) is 1. The molecular formula is C15H16ClN3O2. The lowest BCUT2D eigenvalue weighted by Crippen LogP contribution is -2.21. The van der Waals surface area contributed by atoms with Crippen LogP contribution in [-0.4, -0.2) is 22.1 Å². The Balaban J connectivity index is 2.65. The highest BCUT2D eigenvalue weighted by Gasteiger charge is 2.24. The smallest absolute Gasteiger partial charge is 0.328 e. The first-order chi connectivity index (χ1) is 9.99. The number of rotatable bonds is 4. The standard InChI is InChI=1S/C15H16ClN3O2/c1-4-21-15(20)10(3)19-13-7-11(8-17)5-6-12(13)18-14(19)9(2)16/h5-7,9-10H,4H2,1-3H3. The van der Waals surface area contributed by atoms with E-state index < -0.39 is 6.04 Å². The summed E-state index contributed by atoms with van der Waals surface area (Å²) < 4.78 is 6.81. The van der Waals surface area contributed by atoms with Gasteiger partial charge in [0.05, 0.1) is 34.7 Å². The third-order valence-corrected chi connectivity index (χ3v) is 3.41. The number of halogens is 1. The summed E-state index contributed by atoms with van der Waals surface area (Å²) in [6, 6.07) is 6.69. The first kappa shape index (κ1) is 15.3. The fraction of sp³-hybridized carbons (Fsp3) is 0.400. The summed E-state index contributed by atoms with van der Waals surface area (Å²) in [6.45, 7) is 5.60. The van der Waals surface area contributed by atoms with E-state index in [-0.39, 0.29) is 11.3 Å². The van der Waals surface area contributed by atoms with Gasteiger partial charge < -0.3 is 9.30 Å². The first-order valence-electron chi connectivity index (χ1n) is 6.72. The number of benzene rings is 1. The van der Waals surface area contributed by atoms with Gasteiger partial charge in [0.1, 0.15) is 11.9 Å². The Bertz CT molecular complexity index is 716. The summed E-state index contributed by atoms with van der Waals surface area (Å²) in [5.41, 5.74) is 1.92. The largest absolute Gasteiger partial charge is 0.464 e. The van der Waals surface area contributed by atoms with Crippen molar-refractivity contribution in [1.29, 1.82) is 5.26 Å². The number of nitrogens with zero attached hydrogens (tertiary/aromatic N) is 3. The molecule has 0 fully saturated rings. The average Bonchev–Trinajstić information content (AvgIpc) is 2.85. The van der Waals surface area contributed by atoms with Gasteiger partial charge in [-0.2, -0.15) is 5.26 Å². The van der Waals surface area contributed by atoms with Crippen molar-refractivity contribution in [3.63, 3.8) is 0 Å². The number of hydrogen-bond donors (Lipinski definition) is 0. The van der Waals surface area contributed by atoms with Crippen molar-refractivity contribution in [3.05, 3.63) is 29.6 Å². The van der Waals surface area contributed by atoms with Crippen molar-refractivity contribution in [3.8, 4) is 6.07 Å². The summed E-state index contributed by atoms with van der Waals surface area (Å²) >= 11 is 6.18. The van der Waals surface area contributed by atoms with Gasteiger partial charge in [0.2, 0.25) is 0 Å². The Labute approximate surface area is 128 Å². The Hall–Kier alpha value is -2.06. The van der Waals surface area contributed by atoms with E-state index in [9.17, 15) is 4.79 Å². The van der Waals surface area contributed by atoms with Crippen molar-refractivity contribution in [2.75, 3.05) is 6.61 Å². The maximum atomic E-state index is 12.0. The minimum atomic E-state index is -0.555. The van der Waals surface area contributed by atoms with Crippen LogP contribution in [0.4, 0.5) is 0 Å². The first-order valence-corrected chi connectivity index (χ1v) is 7.16. The quantitative estimate of drug-likeness (QED) is 0.642. The van der Waals surface area contributed by atoms with E-state index in [0.717, 1.165) is 0 Å². The molecule has 5 nitrogen and oxygen atoms in total. The van der Waals surface area contributed by atoms with E-state index in [0.29, 0.717) is 29.0 Å². The van der Waals surface area contributed by atoms with E-state index in [4.69, 9.17) is 21.6 Å². The Kier molecular flexibility index (Phi) is 4.49. The molecule has 21 heavy (non-hydrogen) atoms. The van der Waals surface area contributed by atoms with Crippen LogP contribution >= 0.6 is 11.6 Å². The summed E-state index contributed by atoms with van der Waals surface area (Å²) in [4.78, 5) is 16.5. The summed E-state index contributed by atoms with van der Waals surface area (Å²) in [5.74, 6) is 0.236. The number of nitriles is 1. The number of carbonyl (C=O) groups excluding carboxylic acids is 1. The van der Waals surface area contributed by atoms with Crippen LogP contribution < -0.4 is 0 Å². The summed E-state index contributed by atoms with van der Waals surface area (Å²) in [6.07, 6.45) is 0. The highest BCUT2D eigenvalue weighted by molar-refractivity contribution is 6.20. The molecule has 0 N–H and O–H groups in total. The number of esters is 1. The van der Waals surface area contributed by atoms with E-state index >= 15 is 0 Å². The zero-order valence-corrected chi connectivity index (χ0v) is 12.9. The number of imidazole rings is 1. The van der Waals surface area contributed by atoms with Gasteiger partial charge in [-0.15, -0.1) is 11.6 Å². The number of alkyl halides is 1. The van der Waals surface area contributed by atoms with E-state index in [2.05, 4.69) is 11.1 Å². The summed E-state index contributed by atoms with van der Waals surface area (Å²) in [7, 11) is 0. The van der Waals surface area contributed by atoms with Gasteiger partial charge in [0.25, 0.3) is 0 Å². The van der Waals surface area contributed by atoms with Crippen molar-refractivity contribution in [2.24, 2.45) is 0 Å². The molecule has 2 aromatic rings. The van der Waals surface area contributed by atoms with Crippen LogP contribution in [0.2, 0.25) is 0 Å². The van der Waals surface area contributed by atoms with Crippen LogP contribution in [0.25, 0.3) is 11.0 Å². The Morgan fingerprint density at radius 2 is 2.24 bits per heavy atom. The molecule has 1 aromatic heterocycles. The molecule has 110 valence electrons. The monoisotopic (exact) mass is 305 g/mol. The van der Waals surface area contributed by atoms with Gasteiger partial charge >= 0.3 is 5.97 Å². The maximum absolute atomic E-state index is 12.0. The maximum Gasteiger partial charge on any atom is 0.328 e. The minimum Gasteiger partial charge on any atom is -0.464 e. The van der Waals surface area contributed by atoms with Gasteiger partial charge in [0, 0.05) is 0 Å². The van der Waals surface area contributed by atoms with Crippen molar-refractivity contribution >= 4 is 28.6 Å². The second kappa shape index (κ2) is 6.15. The lowest BCUT2D eigenvalue weighted by Gasteiger charge is -2.17. The van der Waals surface area contributed by atoms with Crippen LogP contribution in [0.15, 0.2) is 18.2 Å². The number of aromatic nitrogens is 2. The number of fused-ring (bicyclic) bond motifs is 1. The lowest BCUT2D eigenvalue weighted by molar-refractivity contribution is -0.146. The molecule has 0 saturated carbocycles. The molecule has 1 aromatic carbocycles. The summed E-state index contributed by atoms with van der Waals surface area (Å²) in [5, 5.41) is 8.68. The van der Waals surface area contributed by atoms with Crippen molar-refractivity contribution in [1.82, 2.24) is 9.55 Å². The fourth-order valence-corrected chi connectivity index (χ4v) is 2.39. The molecule has 6 heteroatoms. The predicted molar refractivity (Wildman–Crippen MR) is 80.1 cm³/mol. The van der Waals surface area contributed by atoms with Crippen LogP contribution in [0.3, 0.4) is 0 Å². The van der Waals surface area contributed by atoms with Crippen LogP contribution in [0.1, 0.15) is 43.6 Å². The molecule has 0 radical (unpaired) electrons. The topological polar surface area (TPSA) is 67.9 Å². The molecule has 2 unspecified atom stereocenters. The Morgan fingerprint density at radius 1 is 1.52 bits per heavy atom. The van der Waals surface area contributed by atoms with Gasteiger partial charge in [-0.1, -0.05) is 0 Å². The second-order valence-corrected chi connectivity index (χ2v) is 5.35. The Morgan fingerprint density at radius 3 is 2.81 bits per heavy atom. The fourth-order valence-electron chi connectivity index (χ4n) is 2.24. The van der Waals surface area contributed by atoms with Crippen LogP contribution in [0.5, 0.6) is 0 Å². The highest BCUT2D eigenvalue weighted by Crippen LogP contribution is 2.29. The SMILES string of the molecule is CCOC(=O)C(C)n1c(C(C)Cl)nc2ccc(C#N)cc21. The molecule has 0 aliphatic rings.